The molecule has 0 saturated heterocycles. The largest absolute Gasteiger partial charge is 0.325 e. The number of nitrogens with two attached hydrogens (primary N) is 1. The molecule has 0 radical (unpaired) electrons. The second kappa shape index (κ2) is 3.31. The Morgan fingerprint density at radius 2 is 1.76 bits per heavy atom. The summed E-state index contributed by atoms with van der Waals surface area (Å²) >= 11 is 0. The van der Waals surface area contributed by atoms with Crippen molar-refractivity contribution in [3.8, 4) is 0 Å². The monoisotopic (exact) mass is 232 g/mol. The Morgan fingerprint density at radius 1 is 1.18 bits per heavy atom. The standard InChI is InChI=1S/C13H20N4/c14-7-12-8-17(16-15-12)13-4-9-1-10(5-13)3-11(2-9)6-13/h8-11H,1-7,14H2. The number of hydrogen-bond donors (Lipinski definition) is 1. The predicted molar refractivity (Wildman–Crippen MR) is 64.1 cm³/mol. The second-order valence-electron chi connectivity index (χ2n) is 6.50. The summed E-state index contributed by atoms with van der Waals surface area (Å²) in [5.74, 6) is 2.85. The van der Waals surface area contributed by atoms with E-state index in [4.69, 9.17) is 5.73 Å². The van der Waals surface area contributed by atoms with Gasteiger partial charge in [-0.3, -0.25) is 0 Å². The summed E-state index contributed by atoms with van der Waals surface area (Å²) in [4.78, 5) is 0. The fourth-order valence-corrected chi connectivity index (χ4v) is 4.97. The SMILES string of the molecule is NCc1cn(C23CC4CC(CC(C4)C2)C3)nn1. The Hall–Kier alpha value is -0.900. The molecule has 4 bridgehead atoms. The zero-order valence-electron chi connectivity index (χ0n) is 10.2. The average molecular weight is 232 g/mol. The molecular formula is C13H20N4. The van der Waals surface area contributed by atoms with Crippen LogP contribution in [0.1, 0.15) is 44.2 Å². The molecule has 0 atom stereocenters. The highest BCUT2D eigenvalue weighted by atomic mass is 15.5. The van der Waals surface area contributed by atoms with E-state index in [1.807, 2.05) is 0 Å². The van der Waals surface area contributed by atoms with Crippen LogP contribution >= 0.6 is 0 Å². The van der Waals surface area contributed by atoms with Gasteiger partial charge in [0.2, 0.25) is 0 Å². The Labute approximate surface area is 102 Å². The second-order valence-corrected chi connectivity index (χ2v) is 6.50. The lowest BCUT2D eigenvalue weighted by molar-refractivity contribution is -0.0502. The van der Waals surface area contributed by atoms with E-state index >= 15 is 0 Å². The van der Waals surface area contributed by atoms with Gasteiger partial charge in [-0.05, 0) is 56.3 Å². The molecule has 1 aromatic rings. The molecule has 4 aliphatic rings. The molecular weight excluding hydrogens is 212 g/mol. The van der Waals surface area contributed by atoms with Crippen molar-refractivity contribution in [3.63, 3.8) is 0 Å². The number of aromatic nitrogens is 3. The first-order valence-electron chi connectivity index (χ1n) is 6.89. The minimum Gasteiger partial charge on any atom is -0.325 e. The fourth-order valence-electron chi connectivity index (χ4n) is 4.97. The van der Waals surface area contributed by atoms with Crippen LogP contribution in [0.25, 0.3) is 0 Å². The summed E-state index contributed by atoms with van der Waals surface area (Å²) in [5, 5.41) is 8.54. The third kappa shape index (κ3) is 1.39. The lowest BCUT2D eigenvalue weighted by Gasteiger charge is -2.56. The molecule has 4 heteroatoms. The summed E-state index contributed by atoms with van der Waals surface area (Å²) < 4.78 is 2.17. The topological polar surface area (TPSA) is 56.7 Å². The van der Waals surface area contributed by atoms with Crippen LogP contribution in [0, 0.1) is 17.8 Å². The van der Waals surface area contributed by atoms with Crippen molar-refractivity contribution in [2.45, 2.75) is 50.6 Å². The van der Waals surface area contributed by atoms with Gasteiger partial charge in [0, 0.05) is 6.54 Å². The highest BCUT2D eigenvalue weighted by molar-refractivity contribution is 5.06. The lowest BCUT2D eigenvalue weighted by Crippen LogP contribution is -2.52. The third-order valence-electron chi connectivity index (χ3n) is 5.24. The molecule has 4 fully saturated rings. The van der Waals surface area contributed by atoms with Gasteiger partial charge in [-0.15, -0.1) is 5.10 Å². The molecule has 4 nitrogen and oxygen atoms in total. The Morgan fingerprint density at radius 3 is 2.24 bits per heavy atom. The number of nitrogens with zero attached hydrogens (tertiary/aromatic N) is 3. The maximum atomic E-state index is 5.64. The van der Waals surface area contributed by atoms with Crippen LogP contribution in [0.15, 0.2) is 6.20 Å². The highest BCUT2D eigenvalue weighted by Gasteiger charge is 2.52. The molecule has 5 rings (SSSR count). The zero-order valence-corrected chi connectivity index (χ0v) is 10.2. The summed E-state index contributed by atoms with van der Waals surface area (Å²) in [5.41, 5.74) is 6.87. The van der Waals surface area contributed by atoms with Crippen LogP contribution in [-0.2, 0) is 12.1 Å². The summed E-state index contributed by atoms with van der Waals surface area (Å²) in [6.07, 6.45) is 10.5. The zero-order chi connectivity index (χ0) is 11.5. The van der Waals surface area contributed by atoms with Crippen LogP contribution in [-0.4, -0.2) is 15.0 Å². The van der Waals surface area contributed by atoms with Crippen molar-refractivity contribution in [3.05, 3.63) is 11.9 Å². The van der Waals surface area contributed by atoms with Crippen molar-refractivity contribution >= 4 is 0 Å². The van der Waals surface area contributed by atoms with Gasteiger partial charge in [-0.2, -0.15) is 0 Å². The molecule has 0 unspecified atom stereocenters. The van der Waals surface area contributed by atoms with Gasteiger partial charge in [0.15, 0.2) is 0 Å². The maximum Gasteiger partial charge on any atom is 0.0962 e. The number of hydrogen-bond acceptors (Lipinski definition) is 3. The molecule has 0 aromatic carbocycles. The van der Waals surface area contributed by atoms with Crippen LogP contribution in [0.3, 0.4) is 0 Å². The van der Waals surface area contributed by atoms with E-state index in [1.54, 1.807) is 0 Å². The molecule has 4 saturated carbocycles. The molecule has 1 aromatic heterocycles. The van der Waals surface area contributed by atoms with Crippen molar-refractivity contribution in [2.75, 3.05) is 0 Å². The molecule has 1 heterocycles. The van der Waals surface area contributed by atoms with Gasteiger partial charge in [0.25, 0.3) is 0 Å². The predicted octanol–water partition coefficient (Wildman–Crippen LogP) is 1.66. The smallest absolute Gasteiger partial charge is 0.0962 e. The van der Waals surface area contributed by atoms with Gasteiger partial charge in [0.1, 0.15) is 0 Å². The first-order chi connectivity index (χ1) is 8.27. The van der Waals surface area contributed by atoms with Crippen LogP contribution in [0.2, 0.25) is 0 Å². The minimum atomic E-state index is 0.301. The van der Waals surface area contributed by atoms with Crippen LogP contribution in [0.4, 0.5) is 0 Å². The van der Waals surface area contributed by atoms with E-state index in [0.717, 1.165) is 23.4 Å². The van der Waals surface area contributed by atoms with Crippen molar-refractivity contribution < 1.29 is 0 Å². The molecule has 17 heavy (non-hydrogen) atoms. The van der Waals surface area contributed by atoms with Crippen molar-refractivity contribution in [2.24, 2.45) is 23.5 Å². The van der Waals surface area contributed by atoms with Gasteiger partial charge >= 0.3 is 0 Å². The normalized spacial score (nSPS) is 43.2. The van der Waals surface area contributed by atoms with Gasteiger partial charge in [0.05, 0.1) is 17.4 Å². The first kappa shape index (κ1) is 10.1. The molecule has 0 spiro atoms. The molecule has 4 aliphatic carbocycles. The van der Waals surface area contributed by atoms with E-state index in [-0.39, 0.29) is 0 Å². The Bertz CT molecular complexity index is 401. The van der Waals surface area contributed by atoms with E-state index in [0.29, 0.717) is 12.1 Å². The van der Waals surface area contributed by atoms with Crippen LogP contribution < -0.4 is 5.73 Å². The molecule has 2 N–H and O–H groups in total. The van der Waals surface area contributed by atoms with Crippen molar-refractivity contribution in [1.29, 1.82) is 0 Å². The summed E-state index contributed by atoms with van der Waals surface area (Å²) in [6.45, 7) is 0.506. The Balaban J connectivity index is 1.72. The van der Waals surface area contributed by atoms with Gasteiger partial charge < -0.3 is 5.73 Å². The third-order valence-corrected chi connectivity index (χ3v) is 5.24. The Kier molecular flexibility index (Phi) is 1.96. The first-order valence-corrected chi connectivity index (χ1v) is 6.89. The minimum absolute atomic E-state index is 0.301. The van der Waals surface area contributed by atoms with E-state index in [9.17, 15) is 0 Å². The fraction of sp³-hybridized carbons (Fsp3) is 0.846. The highest BCUT2D eigenvalue weighted by Crippen LogP contribution is 2.58. The lowest BCUT2D eigenvalue weighted by atomic mass is 9.53. The van der Waals surface area contributed by atoms with Gasteiger partial charge in [-0.1, -0.05) is 5.21 Å². The average Bonchev–Trinajstić information content (AvgIpc) is 2.76. The molecule has 0 aliphatic heterocycles. The van der Waals surface area contributed by atoms with E-state index < -0.39 is 0 Å². The van der Waals surface area contributed by atoms with E-state index in [1.165, 1.54) is 38.5 Å². The van der Waals surface area contributed by atoms with Crippen molar-refractivity contribution in [1.82, 2.24) is 15.0 Å². The molecule has 0 amide bonds. The van der Waals surface area contributed by atoms with E-state index in [2.05, 4.69) is 21.2 Å². The van der Waals surface area contributed by atoms with Gasteiger partial charge in [-0.25, -0.2) is 4.68 Å². The van der Waals surface area contributed by atoms with Crippen LogP contribution in [0.5, 0.6) is 0 Å². The summed E-state index contributed by atoms with van der Waals surface area (Å²) in [7, 11) is 0. The quantitative estimate of drug-likeness (QED) is 0.843. The number of rotatable bonds is 2. The summed E-state index contributed by atoms with van der Waals surface area (Å²) in [6, 6.07) is 0. The maximum absolute atomic E-state index is 5.64. The molecule has 92 valence electrons.